The molecule has 0 unspecified atom stereocenters. The second kappa shape index (κ2) is 4.79. The topological polar surface area (TPSA) is 0 Å². The maximum atomic E-state index is 2.50. The Morgan fingerprint density at radius 1 is 1.20 bits per heavy atom. The van der Waals surface area contributed by atoms with Crippen molar-refractivity contribution in [3.8, 4) is 0 Å². The van der Waals surface area contributed by atoms with Crippen molar-refractivity contribution in [3.63, 3.8) is 0 Å². The molecule has 0 bridgehead atoms. The fraction of sp³-hybridized carbons (Fsp3) is 0.714. The molecule has 0 aliphatic carbocycles. The van der Waals surface area contributed by atoms with Gasteiger partial charge in [-0.2, -0.15) is 0 Å². The van der Waals surface area contributed by atoms with Gasteiger partial charge < -0.3 is 0 Å². The van der Waals surface area contributed by atoms with E-state index in [1.807, 2.05) is 4.09 Å². The van der Waals surface area contributed by atoms with E-state index in [2.05, 4.69) is 36.3 Å². The second-order valence-corrected chi connectivity index (χ2v) is 12.3. The van der Waals surface area contributed by atoms with E-state index in [1.165, 1.54) is 0 Å². The first-order chi connectivity index (χ1) is 4.52. The first kappa shape index (κ1) is 11.0. The van der Waals surface area contributed by atoms with Crippen LogP contribution in [-0.2, 0) is 0 Å². The molecule has 0 atom stereocenters. The molecule has 0 aromatic carbocycles. The monoisotopic (exact) mass is 288 g/mol. The molecule has 0 fully saturated rings. The van der Waals surface area contributed by atoms with Crippen molar-refractivity contribution in [3.05, 3.63) is 9.07 Å². The van der Waals surface area contributed by atoms with E-state index >= 15 is 0 Å². The SMILES string of the molecule is C[Se]C=C([Se]C)[Si](C)(C)C. The van der Waals surface area contributed by atoms with Crippen LogP contribution in [0.25, 0.3) is 0 Å². The molecule has 60 valence electrons. The van der Waals surface area contributed by atoms with Crippen LogP contribution in [0.5, 0.6) is 0 Å². The summed E-state index contributed by atoms with van der Waals surface area (Å²) in [6, 6.07) is 0. The van der Waals surface area contributed by atoms with Gasteiger partial charge >= 0.3 is 78.3 Å². The molecular weight excluding hydrogens is 270 g/mol. The van der Waals surface area contributed by atoms with Crippen molar-refractivity contribution in [1.82, 2.24) is 0 Å². The Bertz CT molecular complexity index is 124. The van der Waals surface area contributed by atoms with Gasteiger partial charge in [0.1, 0.15) is 0 Å². The van der Waals surface area contributed by atoms with Crippen molar-refractivity contribution < 1.29 is 0 Å². The zero-order chi connectivity index (χ0) is 8.20. The van der Waals surface area contributed by atoms with Crippen molar-refractivity contribution >= 4 is 38.0 Å². The van der Waals surface area contributed by atoms with Gasteiger partial charge in [-0.3, -0.25) is 0 Å². The maximum absolute atomic E-state index is 2.50. The van der Waals surface area contributed by atoms with Crippen LogP contribution < -0.4 is 0 Å². The molecular formula is C7H16Se2Si. The number of hydrogen-bond donors (Lipinski definition) is 0. The van der Waals surface area contributed by atoms with Crippen LogP contribution in [-0.4, -0.2) is 38.0 Å². The van der Waals surface area contributed by atoms with E-state index in [4.69, 9.17) is 0 Å². The predicted molar refractivity (Wildman–Crippen MR) is 54.7 cm³/mol. The van der Waals surface area contributed by atoms with Crippen molar-refractivity contribution in [2.24, 2.45) is 0 Å². The van der Waals surface area contributed by atoms with Gasteiger partial charge in [0.25, 0.3) is 0 Å². The number of rotatable bonds is 3. The minimum absolute atomic E-state index is 0.743. The fourth-order valence-corrected chi connectivity index (χ4v) is 11.0. The summed E-state index contributed by atoms with van der Waals surface area (Å²) in [5.41, 5.74) is 0. The summed E-state index contributed by atoms with van der Waals surface area (Å²) in [7, 11) is -0.903. The number of hydrogen-bond acceptors (Lipinski definition) is 0. The van der Waals surface area contributed by atoms with Gasteiger partial charge in [0.15, 0.2) is 0 Å². The van der Waals surface area contributed by atoms with Crippen LogP contribution in [0.15, 0.2) is 9.07 Å². The molecule has 0 rings (SSSR count). The first-order valence-electron chi connectivity index (χ1n) is 3.29. The molecule has 0 aliphatic heterocycles. The summed E-state index contributed by atoms with van der Waals surface area (Å²) in [5, 5.41) is 0. The third-order valence-electron chi connectivity index (χ3n) is 1.18. The van der Waals surface area contributed by atoms with Crippen LogP contribution >= 0.6 is 0 Å². The minimum atomic E-state index is -0.903. The zero-order valence-corrected chi connectivity index (χ0v) is 11.8. The third-order valence-corrected chi connectivity index (χ3v) is 11.1. The Kier molecular flexibility index (Phi) is 5.27. The Morgan fingerprint density at radius 3 is 1.80 bits per heavy atom. The Hall–Kier alpha value is 0.996. The summed E-state index contributed by atoms with van der Waals surface area (Å²) >= 11 is 1.51. The standard InChI is InChI=1S/C7H16Se2Si/c1-8-6-7(9-2)10(3,4)5/h6H,1-5H3. The molecule has 0 aliphatic rings. The summed E-state index contributed by atoms with van der Waals surface area (Å²) in [5.74, 6) is 4.63. The van der Waals surface area contributed by atoms with Gasteiger partial charge in [0.05, 0.1) is 0 Å². The molecule has 0 radical (unpaired) electrons. The summed E-state index contributed by atoms with van der Waals surface area (Å²) in [6.45, 7) is 7.32. The van der Waals surface area contributed by atoms with Gasteiger partial charge in [0.2, 0.25) is 0 Å². The fourth-order valence-electron chi connectivity index (χ4n) is 0.638. The summed E-state index contributed by atoms with van der Waals surface area (Å²) in [4.78, 5) is 2.50. The van der Waals surface area contributed by atoms with E-state index in [0.717, 1.165) is 29.9 Å². The van der Waals surface area contributed by atoms with Crippen LogP contribution in [0.4, 0.5) is 0 Å². The second-order valence-electron chi connectivity index (χ2n) is 3.17. The van der Waals surface area contributed by atoms with Crippen molar-refractivity contribution in [2.75, 3.05) is 0 Å². The molecule has 10 heavy (non-hydrogen) atoms. The molecule has 0 amide bonds. The Balaban J connectivity index is 4.21. The molecule has 0 aromatic heterocycles. The van der Waals surface area contributed by atoms with E-state index in [0.29, 0.717) is 0 Å². The van der Waals surface area contributed by atoms with E-state index in [-0.39, 0.29) is 0 Å². The molecule has 0 aromatic rings. The Labute approximate surface area is 78.2 Å². The molecule has 0 spiro atoms. The molecule has 0 saturated heterocycles. The molecule has 0 N–H and O–H groups in total. The van der Waals surface area contributed by atoms with Crippen molar-refractivity contribution in [1.29, 1.82) is 0 Å². The van der Waals surface area contributed by atoms with Crippen LogP contribution in [0.2, 0.25) is 31.3 Å². The average molecular weight is 286 g/mol. The zero-order valence-electron chi connectivity index (χ0n) is 7.39. The molecule has 3 heteroatoms. The third kappa shape index (κ3) is 4.00. The molecule has 0 saturated carbocycles. The van der Waals surface area contributed by atoms with Gasteiger partial charge in [-0.05, 0) is 0 Å². The quantitative estimate of drug-likeness (QED) is 0.698. The van der Waals surface area contributed by atoms with Gasteiger partial charge in [-0.15, -0.1) is 0 Å². The van der Waals surface area contributed by atoms with Gasteiger partial charge in [0, 0.05) is 0 Å². The molecule has 0 heterocycles. The summed E-state index contributed by atoms with van der Waals surface area (Å²) in [6.07, 6.45) is 0. The van der Waals surface area contributed by atoms with E-state index < -0.39 is 8.07 Å². The predicted octanol–water partition coefficient (Wildman–Crippen LogP) is 2.21. The van der Waals surface area contributed by atoms with Crippen molar-refractivity contribution in [2.45, 2.75) is 31.3 Å². The Morgan fingerprint density at radius 2 is 1.70 bits per heavy atom. The van der Waals surface area contributed by atoms with E-state index in [9.17, 15) is 0 Å². The average Bonchev–Trinajstić information content (AvgIpc) is 1.80. The molecule has 0 nitrogen and oxygen atoms in total. The van der Waals surface area contributed by atoms with Gasteiger partial charge in [-0.1, -0.05) is 0 Å². The van der Waals surface area contributed by atoms with E-state index in [1.54, 1.807) is 0 Å². The van der Waals surface area contributed by atoms with Gasteiger partial charge in [-0.25, -0.2) is 0 Å². The normalized spacial score (nSPS) is 13.9. The van der Waals surface area contributed by atoms with Crippen LogP contribution in [0.1, 0.15) is 0 Å². The first-order valence-corrected chi connectivity index (χ1v) is 12.1. The van der Waals surface area contributed by atoms with Crippen LogP contribution in [0.3, 0.4) is 0 Å². The summed E-state index contributed by atoms with van der Waals surface area (Å²) < 4.78 is 1.81. The van der Waals surface area contributed by atoms with Crippen LogP contribution in [0, 0.1) is 0 Å².